The first-order valence-electron chi connectivity index (χ1n) is 15.0. The zero-order valence-electron chi connectivity index (χ0n) is 26.2. The highest BCUT2D eigenvalue weighted by Gasteiger charge is 2.36. The van der Waals surface area contributed by atoms with Gasteiger partial charge in [-0.2, -0.15) is 0 Å². The van der Waals surface area contributed by atoms with Gasteiger partial charge in [0.2, 0.25) is 0 Å². The summed E-state index contributed by atoms with van der Waals surface area (Å²) in [5, 5.41) is 8.37. The Bertz CT molecular complexity index is 1600. The Morgan fingerprint density at radius 1 is 1.09 bits per heavy atom. The molecule has 45 heavy (non-hydrogen) atoms. The van der Waals surface area contributed by atoms with E-state index >= 15 is 0 Å². The van der Waals surface area contributed by atoms with Gasteiger partial charge in [0.25, 0.3) is 5.91 Å². The summed E-state index contributed by atoms with van der Waals surface area (Å²) in [6.07, 6.45) is 5.93. The molecule has 2 N–H and O–H groups in total. The molecule has 1 fully saturated rings. The van der Waals surface area contributed by atoms with Gasteiger partial charge in [-0.15, -0.1) is 0 Å². The van der Waals surface area contributed by atoms with E-state index in [1.165, 1.54) is 0 Å². The molecule has 1 atom stereocenters. The minimum atomic E-state index is -0.641. The van der Waals surface area contributed by atoms with Crippen LogP contribution in [0.1, 0.15) is 32.3 Å². The van der Waals surface area contributed by atoms with Crippen molar-refractivity contribution in [2.75, 3.05) is 56.5 Å². The Labute approximate surface area is 272 Å². The second kappa shape index (κ2) is 13.5. The minimum absolute atomic E-state index is 0.0285. The molecule has 10 nitrogen and oxygen atoms in total. The van der Waals surface area contributed by atoms with Gasteiger partial charge in [-0.1, -0.05) is 52.9 Å². The molecule has 0 aromatic heterocycles. The second-order valence-electron chi connectivity index (χ2n) is 12.4. The molecule has 3 aliphatic heterocycles. The zero-order valence-corrected chi connectivity index (χ0v) is 27.8. The van der Waals surface area contributed by atoms with Crippen LogP contribution in [0.4, 0.5) is 15.3 Å². The van der Waals surface area contributed by atoms with Gasteiger partial charge in [0.15, 0.2) is 0 Å². The molecule has 3 aliphatic rings. The fraction of sp³-hybridized carbons (Fsp3) is 0.382. The summed E-state index contributed by atoms with van der Waals surface area (Å²) in [4.78, 5) is 45.4. The molecule has 0 bridgehead atoms. The average molecular weight is 679 g/mol. The van der Waals surface area contributed by atoms with Crippen LogP contribution in [-0.2, 0) is 9.53 Å². The number of benzene rings is 2. The molecular formula is C34H40BrN5O5. The number of hydrogen-bond acceptors (Lipinski definition) is 7. The van der Waals surface area contributed by atoms with E-state index in [-0.39, 0.29) is 11.8 Å². The van der Waals surface area contributed by atoms with Gasteiger partial charge in [-0.3, -0.25) is 10.1 Å². The SMILES string of the molecule is C=C1/C=C(/C(=O)N2C[C@@H](CBr)c3c2cc(OC(=O)N2CCN(C)CC2)c2ccccc32)NC/C=C\C(NC(=O)OC(C)(C)C)=C/1. The van der Waals surface area contributed by atoms with Crippen LogP contribution in [-0.4, -0.2) is 85.1 Å². The Hall–Kier alpha value is -4.09. The lowest BCUT2D eigenvalue weighted by Crippen LogP contribution is -2.48. The fourth-order valence-electron chi connectivity index (χ4n) is 5.63. The number of ether oxygens (including phenoxy) is 2. The van der Waals surface area contributed by atoms with Gasteiger partial charge in [0.05, 0.1) is 5.69 Å². The predicted molar refractivity (Wildman–Crippen MR) is 180 cm³/mol. The molecule has 5 rings (SSSR count). The van der Waals surface area contributed by atoms with E-state index < -0.39 is 17.8 Å². The van der Waals surface area contributed by atoms with Crippen LogP contribution in [0.15, 0.2) is 78.2 Å². The molecule has 0 aliphatic carbocycles. The number of likely N-dealkylation sites (N-methyl/N-ethyl adjacent to an activating group) is 1. The third-order valence-corrected chi connectivity index (χ3v) is 8.55. The van der Waals surface area contributed by atoms with E-state index in [1.54, 1.807) is 48.8 Å². The van der Waals surface area contributed by atoms with Crippen LogP contribution < -0.4 is 20.3 Å². The van der Waals surface area contributed by atoms with Gasteiger partial charge in [0, 0.05) is 67.7 Å². The fourth-order valence-corrected chi connectivity index (χ4v) is 6.15. The first kappa shape index (κ1) is 32.3. The maximum absolute atomic E-state index is 14.2. The molecule has 2 aromatic rings. The number of amides is 3. The number of nitrogens with one attached hydrogen (secondary N) is 2. The van der Waals surface area contributed by atoms with Gasteiger partial charge in [-0.25, -0.2) is 9.59 Å². The number of hydrogen-bond donors (Lipinski definition) is 2. The van der Waals surface area contributed by atoms with Crippen LogP contribution in [0.25, 0.3) is 10.8 Å². The maximum atomic E-state index is 14.2. The lowest BCUT2D eigenvalue weighted by atomic mass is 9.95. The van der Waals surface area contributed by atoms with Crippen LogP contribution in [0.5, 0.6) is 5.75 Å². The third kappa shape index (κ3) is 7.59. The van der Waals surface area contributed by atoms with Crippen LogP contribution in [0.2, 0.25) is 0 Å². The molecule has 0 radical (unpaired) electrons. The second-order valence-corrected chi connectivity index (χ2v) is 13.1. The van der Waals surface area contributed by atoms with Crippen LogP contribution >= 0.6 is 15.9 Å². The lowest BCUT2D eigenvalue weighted by Gasteiger charge is -2.31. The highest BCUT2D eigenvalue weighted by Crippen LogP contribution is 2.46. The Morgan fingerprint density at radius 3 is 2.49 bits per heavy atom. The van der Waals surface area contributed by atoms with Gasteiger partial charge in [-0.05, 0) is 62.6 Å². The van der Waals surface area contributed by atoms with E-state index in [4.69, 9.17) is 9.47 Å². The number of piperazine rings is 1. The predicted octanol–water partition coefficient (Wildman–Crippen LogP) is 5.42. The van der Waals surface area contributed by atoms with Crippen molar-refractivity contribution in [3.63, 3.8) is 0 Å². The quantitative estimate of drug-likeness (QED) is 0.417. The Kier molecular flexibility index (Phi) is 9.69. The standard InChI is InChI=1S/C34H40BrN5O5/c1-22-17-24(37-32(42)45-34(2,3)4)9-8-12-36-27(18-22)31(41)40-21-23(20-35)30-26-11-7-6-10-25(26)29(19-28(30)40)44-33(43)39-15-13-38(5)14-16-39/h6-11,17-19,23,36H,1,12-16,20-21H2,2-5H3,(H,37,42)/b9-8-,24-17+,27-18-/t23-/m1/s1. The number of allylic oxidation sites excluding steroid dienone is 4. The zero-order chi connectivity index (χ0) is 32.3. The van der Waals surface area contributed by atoms with E-state index in [2.05, 4.69) is 38.0 Å². The average Bonchev–Trinajstić information content (AvgIpc) is 3.39. The van der Waals surface area contributed by atoms with Crippen molar-refractivity contribution < 1.29 is 23.9 Å². The number of halogens is 1. The number of carbonyl (C=O) groups is 3. The van der Waals surface area contributed by atoms with Crippen LogP contribution in [0, 0.1) is 0 Å². The third-order valence-electron chi connectivity index (χ3n) is 7.77. The summed E-state index contributed by atoms with van der Waals surface area (Å²) < 4.78 is 11.4. The highest BCUT2D eigenvalue weighted by atomic mass is 79.9. The van der Waals surface area contributed by atoms with Gasteiger partial charge < -0.3 is 29.5 Å². The van der Waals surface area contributed by atoms with Crippen molar-refractivity contribution in [2.24, 2.45) is 0 Å². The van der Waals surface area contributed by atoms with Crippen molar-refractivity contribution in [3.05, 3.63) is 83.7 Å². The molecular weight excluding hydrogens is 638 g/mol. The number of anilines is 1. The first-order chi connectivity index (χ1) is 21.4. The molecule has 0 spiro atoms. The molecule has 0 saturated carbocycles. The summed E-state index contributed by atoms with van der Waals surface area (Å²) in [5.74, 6) is 0.212. The number of alkyl carbamates (subject to hydrolysis) is 1. The molecule has 2 aromatic carbocycles. The van der Waals surface area contributed by atoms with E-state index in [1.807, 2.05) is 43.5 Å². The topological polar surface area (TPSA) is 103 Å². The number of fused-ring (bicyclic) bond motifs is 3. The van der Waals surface area contributed by atoms with Crippen molar-refractivity contribution in [1.82, 2.24) is 20.4 Å². The van der Waals surface area contributed by atoms with Crippen molar-refractivity contribution in [2.45, 2.75) is 32.3 Å². The molecule has 0 unspecified atom stereocenters. The summed E-state index contributed by atoms with van der Waals surface area (Å²) in [6.45, 7) is 13.0. The Morgan fingerprint density at radius 2 is 1.80 bits per heavy atom. The van der Waals surface area contributed by atoms with Gasteiger partial charge >= 0.3 is 12.2 Å². The normalized spacial score (nSPS) is 22.1. The van der Waals surface area contributed by atoms with Crippen LogP contribution in [0.3, 0.4) is 0 Å². The molecule has 3 amide bonds. The molecule has 1 saturated heterocycles. The minimum Gasteiger partial charge on any atom is -0.444 e. The van der Waals surface area contributed by atoms with Gasteiger partial charge in [0.1, 0.15) is 17.0 Å². The molecule has 3 heterocycles. The highest BCUT2D eigenvalue weighted by molar-refractivity contribution is 9.09. The molecule has 238 valence electrons. The largest absolute Gasteiger partial charge is 0.444 e. The summed E-state index contributed by atoms with van der Waals surface area (Å²) in [7, 11) is 2.03. The lowest BCUT2D eigenvalue weighted by molar-refractivity contribution is -0.115. The maximum Gasteiger partial charge on any atom is 0.415 e. The van der Waals surface area contributed by atoms with Crippen molar-refractivity contribution in [3.8, 4) is 5.75 Å². The number of alkyl halides is 1. The van der Waals surface area contributed by atoms with Crippen molar-refractivity contribution >= 4 is 50.5 Å². The van der Waals surface area contributed by atoms with Crippen molar-refractivity contribution in [1.29, 1.82) is 0 Å². The summed E-state index contributed by atoms with van der Waals surface area (Å²) in [5.41, 5.74) is 2.45. The van der Waals surface area contributed by atoms with E-state index in [0.29, 0.717) is 59.9 Å². The van der Waals surface area contributed by atoms with E-state index in [9.17, 15) is 14.4 Å². The smallest absolute Gasteiger partial charge is 0.415 e. The molecule has 11 heteroatoms. The van der Waals surface area contributed by atoms with E-state index in [0.717, 1.165) is 29.4 Å². The number of nitrogens with zero attached hydrogens (tertiary/aromatic N) is 3. The Balaban J connectivity index is 1.45. The summed E-state index contributed by atoms with van der Waals surface area (Å²) in [6, 6.07) is 9.66. The number of carbonyl (C=O) groups excluding carboxylic acids is 3. The first-order valence-corrected chi connectivity index (χ1v) is 16.2. The monoisotopic (exact) mass is 677 g/mol. The number of rotatable bonds is 4. The summed E-state index contributed by atoms with van der Waals surface area (Å²) >= 11 is 3.67.